The molecule has 0 spiro atoms. The van der Waals surface area contributed by atoms with E-state index in [0.717, 1.165) is 62.4 Å². The second kappa shape index (κ2) is 9.45. The molecule has 0 atom stereocenters. The van der Waals surface area contributed by atoms with Crippen LogP contribution < -0.4 is 10.2 Å². The Bertz CT molecular complexity index is 1120. The number of H-pyrrole nitrogens is 1. The number of hydrogen-bond acceptors (Lipinski definition) is 5. The summed E-state index contributed by atoms with van der Waals surface area (Å²) in [7, 11) is 0. The Hall–Kier alpha value is -3.03. The van der Waals surface area contributed by atoms with Crippen molar-refractivity contribution >= 4 is 22.8 Å². The van der Waals surface area contributed by atoms with Crippen molar-refractivity contribution in [3.63, 3.8) is 0 Å². The van der Waals surface area contributed by atoms with Gasteiger partial charge in [0.05, 0.1) is 5.69 Å². The Balaban J connectivity index is 1.31. The number of alkyl carbamates (subject to hydrolysis) is 1. The summed E-state index contributed by atoms with van der Waals surface area (Å²) in [4.78, 5) is 22.0. The molecule has 4 heterocycles. The largest absolute Gasteiger partial charge is 0.444 e. The maximum absolute atomic E-state index is 11.7. The van der Waals surface area contributed by atoms with E-state index in [1.54, 1.807) is 0 Å². The van der Waals surface area contributed by atoms with Gasteiger partial charge in [0.25, 0.3) is 0 Å². The number of pyridine rings is 1. The maximum atomic E-state index is 11.7. The summed E-state index contributed by atoms with van der Waals surface area (Å²) < 4.78 is 7.47. The molecule has 8 heteroatoms. The molecule has 3 aromatic rings. The van der Waals surface area contributed by atoms with E-state index in [2.05, 4.69) is 43.9 Å². The third-order valence-electron chi connectivity index (χ3n) is 6.03. The number of nitrogens with zero attached hydrogens (tertiary/aromatic N) is 4. The van der Waals surface area contributed by atoms with Gasteiger partial charge in [-0.05, 0) is 66.0 Å². The maximum Gasteiger partial charge on any atom is 0.407 e. The highest BCUT2D eigenvalue weighted by molar-refractivity contribution is 5.90. The number of aryl methyl sites for hydroxylation is 3. The second-order valence-corrected chi connectivity index (χ2v) is 9.92. The lowest BCUT2D eigenvalue weighted by Crippen LogP contribution is -2.33. The van der Waals surface area contributed by atoms with E-state index in [9.17, 15) is 4.79 Å². The number of nitrogens with one attached hydrogen (secondary N) is 2. The van der Waals surface area contributed by atoms with Crippen molar-refractivity contribution < 1.29 is 9.53 Å². The van der Waals surface area contributed by atoms with Crippen LogP contribution in [0.4, 0.5) is 10.5 Å². The van der Waals surface area contributed by atoms with Crippen LogP contribution in [-0.4, -0.2) is 44.5 Å². The monoisotopic (exact) mass is 452 g/mol. The minimum Gasteiger partial charge on any atom is -0.444 e. The molecule has 8 nitrogen and oxygen atoms in total. The fourth-order valence-corrected chi connectivity index (χ4v) is 4.53. The molecule has 33 heavy (non-hydrogen) atoms. The summed E-state index contributed by atoms with van der Waals surface area (Å²) in [5.74, 6) is 0. The van der Waals surface area contributed by atoms with Crippen molar-refractivity contribution in [1.82, 2.24) is 25.1 Å². The fraction of sp³-hybridized carbons (Fsp3) is 0.560. The van der Waals surface area contributed by atoms with E-state index in [1.165, 1.54) is 22.3 Å². The molecule has 0 saturated carbocycles. The molecule has 0 saturated heterocycles. The van der Waals surface area contributed by atoms with Gasteiger partial charge in [-0.15, -0.1) is 0 Å². The molecule has 178 valence electrons. The number of anilines is 1. The van der Waals surface area contributed by atoms with Gasteiger partial charge in [0.1, 0.15) is 11.2 Å². The molecule has 4 rings (SSSR count). The van der Waals surface area contributed by atoms with Gasteiger partial charge in [-0.25, -0.2) is 9.78 Å². The van der Waals surface area contributed by atoms with Gasteiger partial charge in [0.2, 0.25) is 0 Å². The average molecular weight is 453 g/mol. The number of aromatic nitrogens is 4. The van der Waals surface area contributed by atoms with Gasteiger partial charge in [-0.1, -0.05) is 0 Å². The van der Waals surface area contributed by atoms with Gasteiger partial charge in [-0.2, -0.15) is 5.10 Å². The zero-order valence-electron chi connectivity index (χ0n) is 20.5. The number of carbonyl (C=O) groups is 1. The third-order valence-corrected chi connectivity index (χ3v) is 6.03. The van der Waals surface area contributed by atoms with E-state index in [1.807, 2.05) is 33.9 Å². The van der Waals surface area contributed by atoms with Gasteiger partial charge in [0.15, 0.2) is 0 Å². The van der Waals surface area contributed by atoms with Crippen molar-refractivity contribution in [1.29, 1.82) is 0 Å². The molecule has 1 aliphatic rings. The minimum atomic E-state index is -0.458. The van der Waals surface area contributed by atoms with Crippen LogP contribution in [0.5, 0.6) is 0 Å². The first kappa shape index (κ1) is 23.1. The van der Waals surface area contributed by atoms with Crippen molar-refractivity contribution in [2.45, 2.75) is 79.0 Å². The summed E-state index contributed by atoms with van der Waals surface area (Å²) >= 11 is 0. The molecule has 1 aliphatic heterocycles. The molecule has 1 amide bonds. The highest BCUT2D eigenvalue weighted by atomic mass is 16.6. The Morgan fingerprint density at radius 3 is 2.85 bits per heavy atom. The summed E-state index contributed by atoms with van der Waals surface area (Å²) in [6, 6.07) is 4.30. The smallest absolute Gasteiger partial charge is 0.407 e. The van der Waals surface area contributed by atoms with Crippen molar-refractivity contribution in [3.8, 4) is 0 Å². The number of fused-ring (bicyclic) bond motifs is 2. The fourth-order valence-electron chi connectivity index (χ4n) is 4.53. The van der Waals surface area contributed by atoms with Crippen molar-refractivity contribution in [3.05, 3.63) is 41.0 Å². The van der Waals surface area contributed by atoms with E-state index >= 15 is 0 Å². The van der Waals surface area contributed by atoms with Crippen LogP contribution in [0.3, 0.4) is 0 Å². The lowest BCUT2D eigenvalue weighted by atomic mass is 10.0. The lowest BCUT2D eigenvalue weighted by molar-refractivity contribution is 0.0527. The first-order chi connectivity index (χ1) is 15.7. The van der Waals surface area contributed by atoms with Crippen LogP contribution in [0.2, 0.25) is 0 Å². The Kier molecular flexibility index (Phi) is 6.63. The highest BCUT2D eigenvalue weighted by Gasteiger charge is 2.25. The number of ether oxygens (including phenoxy) is 1. The molecular weight excluding hydrogens is 416 g/mol. The number of hydrogen-bond donors (Lipinski definition) is 2. The van der Waals surface area contributed by atoms with Gasteiger partial charge < -0.3 is 19.9 Å². The summed E-state index contributed by atoms with van der Waals surface area (Å²) in [6.07, 6.45) is 5.62. The number of rotatable bonds is 7. The molecule has 3 aromatic heterocycles. The van der Waals surface area contributed by atoms with Crippen molar-refractivity contribution in [2.24, 2.45) is 0 Å². The molecule has 0 radical (unpaired) electrons. The van der Waals surface area contributed by atoms with Crippen LogP contribution in [-0.2, 0) is 24.2 Å². The minimum absolute atomic E-state index is 0.342. The normalized spacial score (nSPS) is 13.9. The molecular formula is C25H36N6O2. The van der Waals surface area contributed by atoms with Crippen LogP contribution >= 0.6 is 0 Å². The zero-order valence-corrected chi connectivity index (χ0v) is 20.5. The predicted octanol–water partition coefficient (Wildman–Crippen LogP) is 4.63. The number of carbonyl (C=O) groups excluding carboxylic acids is 1. The molecule has 2 N–H and O–H groups in total. The number of aromatic amines is 1. The van der Waals surface area contributed by atoms with Gasteiger partial charge in [-0.3, -0.25) is 4.68 Å². The second-order valence-electron chi connectivity index (χ2n) is 9.92. The van der Waals surface area contributed by atoms with E-state index in [-0.39, 0.29) is 6.09 Å². The third kappa shape index (κ3) is 5.49. The Morgan fingerprint density at radius 1 is 1.24 bits per heavy atom. The van der Waals surface area contributed by atoms with E-state index in [0.29, 0.717) is 6.54 Å². The van der Waals surface area contributed by atoms with Crippen LogP contribution in [0.1, 0.15) is 62.7 Å². The molecule has 0 fully saturated rings. The van der Waals surface area contributed by atoms with E-state index < -0.39 is 5.60 Å². The first-order valence-corrected chi connectivity index (χ1v) is 11.9. The number of unbranched alkanes of at least 4 members (excludes halogenated alkanes) is 2. The summed E-state index contributed by atoms with van der Waals surface area (Å²) in [5, 5.41) is 8.86. The average Bonchev–Trinajstić information content (AvgIpc) is 3.33. The van der Waals surface area contributed by atoms with Crippen LogP contribution in [0.15, 0.2) is 18.3 Å². The quantitative estimate of drug-likeness (QED) is 0.510. The summed E-state index contributed by atoms with van der Waals surface area (Å²) in [6.45, 7) is 13.2. The SMILES string of the molecule is Cc1cc(N2CCc3c(c(C)nn3CCCCCNC(=O)OC(C)(C)C)C2)c2cc[nH]c2n1. The van der Waals surface area contributed by atoms with Gasteiger partial charge >= 0.3 is 6.09 Å². The zero-order chi connectivity index (χ0) is 23.6. The molecule has 0 aromatic carbocycles. The molecule has 0 aliphatic carbocycles. The first-order valence-electron chi connectivity index (χ1n) is 11.9. The topological polar surface area (TPSA) is 88.1 Å². The Morgan fingerprint density at radius 2 is 2.06 bits per heavy atom. The number of amides is 1. The summed E-state index contributed by atoms with van der Waals surface area (Å²) in [5.41, 5.74) is 6.61. The molecule has 0 unspecified atom stereocenters. The van der Waals surface area contributed by atoms with Gasteiger partial charge in [0, 0.05) is 66.8 Å². The lowest BCUT2D eigenvalue weighted by Gasteiger charge is -2.30. The van der Waals surface area contributed by atoms with Crippen molar-refractivity contribution in [2.75, 3.05) is 18.0 Å². The molecule has 0 bridgehead atoms. The highest BCUT2D eigenvalue weighted by Crippen LogP contribution is 2.31. The van der Waals surface area contributed by atoms with Crippen LogP contribution in [0, 0.1) is 13.8 Å². The Labute approximate surface area is 195 Å². The predicted molar refractivity (Wildman–Crippen MR) is 131 cm³/mol. The van der Waals surface area contributed by atoms with Crippen LogP contribution in [0.25, 0.3) is 11.0 Å². The standard InChI is InChI=1S/C25H36N6O2/c1-17-15-22(19-9-12-26-23(19)28-17)30-14-10-21-20(16-30)18(2)29-31(21)13-8-6-7-11-27-24(32)33-25(3,4)5/h9,12,15H,6-8,10-11,13-14,16H2,1-5H3,(H,26,28)(H,27,32). The van der Waals surface area contributed by atoms with E-state index in [4.69, 9.17) is 9.84 Å².